The molecule has 2 aromatic rings. The molecule has 0 fully saturated rings. The summed E-state index contributed by atoms with van der Waals surface area (Å²) in [5.74, 6) is 0. The molecule has 0 saturated carbocycles. The highest BCUT2D eigenvalue weighted by atomic mass is 35.5. The molecule has 0 aliphatic rings. The minimum Gasteiger partial charge on any atom is -0.381 e. The molecule has 5 heteroatoms. The maximum Gasteiger partial charge on any atom is 0.416 e. The monoisotopic (exact) mass is 299 g/mol. The minimum atomic E-state index is -4.34. The first kappa shape index (κ1) is 14.7. The quantitative estimate of drug-likeness (QED) is 0.813. The Labute approximate surface area is 120 Å². The van der Waals surface area contributed by atoms with Crippen LogP contribution in [0.4, 0.5) is 18.9 Å². The van der Waals surface area contributed by atoms with Crippen molar-refractivity contribution < 1.29 is 13.2 Å². The molecular weight excluding hydrogens is 287 g/mol. The van der Waals surface area contributed by atoms with Crippen LogP contribution in [0.25, 0.3) is 0 Å². The Hall–Kier alpha value is -1.68. The zero-order chi connectivity index (χ0) is 14.8. The highest BCUT2D eigenvalue weighted by Gasteiger charge is 2.32. The van der Waals surface area contributed by atoms with E-state index in [0.29, 0.717) is 5.02 Å². The fourth-order valence-corrected chi connectivity index (χ4v) is 2.19. The molecule has 106 valence electrons. The van der Waals surface area contributed by atoms with Crippen LogP contribution >= 0.6 is 11.6 Å². The van der Waals surface area contributed by atoms with Crippen LogP contribution in [-0.4, -0.2) is 0 Å². The van der Waals surface area contributed by atoms with Crippen molar-refractivity contribution in [2.24, 2.45) is 0 Å². The maximum absolute atomic E-state index is 12.9. The van der Waals surface area contributed by atoms with Gasteiger partial charge in [0.05, 0.1) is 5.56 Å². The van der Waals surface area contributed by atoms with Gasteiger partial charge in [-0.05, 0) is 42.3 Å². The maximum atomic E-state index is 12.9. The van der Waals surface area contributed by atoms with Crippen molar-refractivity contribution in [3.05, 3.63) is 64.2 Å². The summed E-state index contributed by atoms with van der Waals surface area (Å²) in [6.07, 6.45) is -4.34. The van der Waals surface area contributed by atoms with Gasteiger partial charge in [0.1, 0.15) is 0 Å². The first-order valence-electron chi connectivity index (χ1n) is 6.03. The van der Waals surface area contributed by atoms with E-state index in [1.807, 2.05) is 6.92 Å². The Kier molecular flexibility index (Phi) is 4.23. The highest BCUT2D eigenvalue weighted by molar-refractivity contribution is 6.30. The molecule has 1 N–H and O–H groups in total. The van der Waals surface area contributed by atoms with Gasteiger partial charge >= 0.3 is 6.18 Å². The Morgan fingerprint density at radius 2 is 1.80 bits per heavy atom. The lowest BCUT2D eigenvalue weighted by molar-refractivity contribution is -0.138. The summed E-state index contributed by atoms with van der Waals surface area (Å²) in [7, 11) is 0. The number of alkyl halides is 3. The van der Waals surface area contributed by atoms with Crippen molar-refractivity contribution in [2.45, 2.75) is 19.6 Å². The molecule has 0 saturated heterocycles. The van der Waals surface area contributed by atoms with Crippen molar-refractivity contribution in [1.29, 1.82) is 0 Å². The average Bonchev–Trinajstić information content (AvgIpc) is 2.37. The molecular formula is C15H13ClF3N. The van der Waals surface area contributed by atoms with Crippen molar-refractivity contribution >= 4 is 17.3 Å². The molecule has 0 heterocycles. The third-order valence-corrected chi connectivity index (χ3v) is 3.22. The number of anilines is 1. The zero-order valence-electron chi connectivity index (χ0n) is 10.8. The number of benzene rings is 2. The lowest BCUT2D eigenvalue weighted by Crippen LogP contribution is -2.11. The molecule has 0 aromatic heterocycles. The van der Waals surface area contributed by atoms with Crippen molar-refractivity contribution in [3.63, 3.8) is 0 Å². The third-order valence-electron chi connectivity index (χ3n) is 2.98. The van der Waals surface area contributed by atoms with Gasteiger partial charge in [-0.15, -0.1) is 0 Å². The van der Waals surface area contributed by atoms with E-state index < -0.39 is 11.7 Å². The Bertz CT molecular complexity index is 608. The number of halogens is 4. The second-order valence-corrected chi connectivity index (χ2v) is 4.90. The zero-order valence-corrected chi connectivity index (χ0v) is 11.5. The molecule has 0 aliphatic heterocycles. The molecule has 0 spiro atoms. The van der Waals surface area contributed by atoms with E-state index in [4.69, 9.17) is 11.6 Å². The molecule has 0 unspecified atom stereocenters. The SMILES string of the molecule is Cc1cc(Cl)ccc1NCc1ccccc1C(F)(F)F. The summed E-state index contributed by atoms with van der Waals surface area (Å²) in [6.45, 7) is 1.96. The first-order chi connectivity index (χ1) is 9.38. The van der Waals surface area contributed by atoms with E-state index in [9.17, 15) is 13.2 Å². The van der Waals surface area contributed by atoms with Crippen molar-refractivity contribution in [2.75, 3.05) is 5.32 Å². The van der Waals surface area contributed by atoms with Gasteiger partial charge < -0.3 is 5.32 Å². The number of aryl methyl sites for hydroxylation is 1. The van der Waals surface area contributed by atoms with Crippen LogP contribution in [0.2, 0.25) is 5.02 Å². The number of hydrogen-bond donors (Lipinski definition) is 1. The van der Waals surface area contributed by atoms with Gasteiger partial charge in [-0.3, -0.25) is 0 Å². The van der Waals surface area contributed by atoms with E-state index in [1.54, 1.807) is 24.3 Å². The highest BCUT2D eigenvalue weighted by Crippen LogP contribution is 2.32. The van der Waals surface area contributed by atoms with Crippen LogP contribution in [0.5, 0.6) is 0 Å². The van der Waals surface area contributed by atoms with Gasteiger partial charge in [-0.2, -0.15) is 13.2 Å². The normalized spacial score (nSPS) is 11.4. The minimum absolute atomic E-state index is 0.109. The molecule has 2 rings (SSSR count). The van der Waals surface area contributed by atoms with Gasteiger partial charge in [0.2, 0.25) is 0 Å². The largest absolute Gasteiger partial charge is 0.416 e. The fourth-order valence-electron chi connectivity index (χ4n) is 1.97. The van der Waals surface area contributed by atoms with Crippen LogP contribution in [0.15, 0.2) is 42.5 Å². The number of hydrogen-bond acceptors (Lipinski definition) is 1. The van der Waals surface area contributed by atoms with Crippen LogP contribution in [0.1, 0.15) is 16.7 Å². The molecule has 0 radical (unpaired) electrons. The average molecular weight is 300 g/mol. The standard InChI is InChI=1S/C15H13ClF3N/c1-10-8-12(16)6-7-14(10)20-9-11-4-2-3-5-13(11)15(17,18)19/h2-8,20H,9H2,1H3. The fraction of sp³-hybridized carbons (Fsp3) is 0.200. The van der Waals surface area contributed by atoms with Crippen LogP contribution in [-0.2, 0) is 12.7 Å². The number of rotatable bonds is 3. The van der Waals surface area contributed by atoms with Crippen LogP contribution in [0.3, 0.4) is 0 Å². The summed E-state index contributed by atoms with van der Waals surface area (Å²) in [5.41, 5.74) is 1.27. The van der Waals surface area contributed by atoms with Gasteiger partial charge in [0.25, 0.3) is 0 Å². The molecule has 0 amide bonds. The van der Waals surface area contributed by atoms with Crippen LogP contribution in [0, 0.1) is 6.92 Å². The Balaban J connectivity index is 2.19. The van der Waals surface area contributed by atoms with Crippen molar-refractivity contribution in [1.82, 2.24) is 0 Å². The van der Waals surface area contributed by atoms with Crippen molar-refractivity contribution in [3.8, 4) is 0 Å². The second-order valence-electron chi connectivity index (χ2n) is 4.47. The van der Waals surface area contributed by atoms with Gasteiger partial charge in [-0.1, -0.05) is 29.8 Å². The van der Waals surface area contributed by atoms with E-state index >= 15 is 0 Å². The predicted molar refractivity (Wildman–Crippen MR) is 75.0 cm³/mol. The lowest BCUT2D eigenvalue weighted by Gasteiger charge is -2.15. The summed E-state index contributed by atoms with van der Waals surface area (Å²) < 4.78 is 38.6. The molecule has 0 atom stereocenters. The van der Waals surface area contributed by atoms with Crippen LogP contribution < -0.4 is 5.32 Å². The predicted octanol–water partition coefficient (Wildman–Crippen LogP) is 5.28. The second kappa shape index (κ2) is 5.75. The molecule has 0 aliphatic carbocycles. The molecule has 2 aromatic carbocycles. The Morgan fingerprint density at radius 1 is 1.10 bits per heavy atom. The smallest absolute Gasteiger partial charge is 0.381 e. The molecule has 20 heavy (non-hydrogen) atoms. The summed E-state index contributed by atoms with van der Waals surface area (Å²) in [5, 5.41) is 3.61. The molecule has 1 nitrogen and oxygen atoms in total. The van der Waals surface area contributed by atoms with E-state index in [1.165, 1.54) is 12.1 Å². The number of nitrogens with one attached hydrogen (secondary N) is 1. The molecule has 0 bridgehead atoms. The van der Waals surface area contributed by atoms with E-state index in [0.717, 1.165) is 17.3 Å². The summed E-state index contributed by atoms with van der Waals surface area (Å²) in [4.78, 5) is 0. The first-order valence-corrected chi connectivity index (χ1v) is 6.41. The van der Waals surface area contributed by atoms with Gasteiger partial charge in [0.15, 0.2) is 0 Å². The van der Waals surface area contributed by atoms with Gasteiger partial charge in [0, 0.05) is 17.3 Å². The van der Waals surface area contributed by atoms with E-state index in [2.05, 4.69) is 5.32 Å². The van der Waals surface area contributed by atoms with E-state index in [-0.39, 0.29) is 12.1 Å². The van der Waals surface area contributed by atoms with Gasteiger partial charge in [-0.25, -0.2) is 0 Å². The Morgan fingerprint density at radius 3 is 2.45 bits per heavy atom. The summed E-state index contributed by atoms with van der Waals surface area (Å²) >= 11 is 5.84. The third kappa shape index (κ3) is 3.45. The topological polar surface area (TPSA) is 12.0 Å². The summed E-state index contributed by atoms with van der Waals surface area (Å²) in [6, 6.07) is 10.8. The lowest BCUT2D eigenvalue weighted by atomic mass is 10.1.